The Morgan fingerprint density at radius 2 is 2.04 bits per heavy atom. The molecule has 23 heavy (non-hydrogen) atoms. The van der Waals surface area contributed by atoms with Crippen LogP contribution in [0, 0.1) is 11.7 Å². The van der Waals surface area contributed by atoms with Crippen LogP contribution in [0.1, 0.15) is 5.56 Å². The quantitative estimate of drug-likeness (QED) is 0.539. The summed E-state index contributed by atoms with van der Waals surface area (Å²) in [6.45, 7) is 2.05. The third kappa shape index (κ3) is 2.16. The number of aromatic amines is 1. The van der Waals surface area contributed by atoms with E-state index in [1.165, 1.54) is 11.3 Å². The van der Waals surface area contributed by atoms with Crippen LogP contribution in [0.3, 0.4) is 0 Å². The van der Waals surface area contributed by atoms with Gasteiger partial charge in [-0.05, 0) is 42.9 Å². The summed E-state index contributed by atoms with van der Waals surface area (Å²) in [4.78, 5) is 6.14. The minimum atomic E-state index is 0.541. The average molecular weight is 339 g/mol. The van der Waals surface area contributed by atoms with E-state index in [1.807, 2.05) is 47.9 Å². The van der Waals surface area contributed by atoms with E-state index >= 15 is 0 Å². The maximum atomic E-state index is 6.33. The molecule has 0 saturated heterocycles. The van der Waals surface area contributed by atoms with Gasteiger partial charge in [0.1, 0.15) is 4.83 Å². The average Bonchev–Trinajstić information content (AvgIpc) is 3.09. The van der Waals surface area contributed by atoms with E-state index in [-0.39, 0.29) is 0 Å². The number of aryl methyl sites for hydroxylation is 1. The molecule has 0 radical (unpaired) electrons. The molecule has 0 aliphatic rings. The molecule has 4 rings (SSSR count). The number of nitrogens with zero attached hydrogens (tertiary/aromatic N) is 3. The molecule has 3 aromatic heterocycles. The Bertz CT molecular complexity index is 1070. The van der Waals surface area contributed by atoms with Gasteiger partial charge in [0.15, 0.2) is 10.6 Å². The first-order valence-electron chi connectivity index (χ1n) is 7.03. The summed E-state index contributed by atoms with van der Waals surface area (Å²) in [6.07, 6.45) is 1.76. The van der Waals surface area contributed by atoms with Crippen LogP contribution < -0.4 is 5.73 Å². The van der Waals surface area contributed by atoms with E-state index in [9.17, 15) is 0 Å². The van der Waals surface area contributed by atoms with Gasteiger partial charge in [-0.2, -0.15) is 5.10 Å². The Hall–Kier alpha value is -2.51. The summed E-state index contributed by atoms with van der Waals surface area (Å²) in [7, 11) is 0. The largest absolute Gasteiger partial charge is 0.397 e. The van der Waals surface area contributed by atoms with Gasteiger partial charge in [0.2, 0.25) is 0 Å². The maximum absolute atomic E-state index is 6.33. The van der Waals surface area contributed by atoms with Gasteiger partial charge in [0.05, 0.1) is 16.3 Å². The molecule has 0 bridgehead atoms. The van der Waals surface area contributed by atoms with Crippen molar-refractivity contribution in [3.05, 3.63) is 52.9 Å². The smallest absolute Gasteiger partial charge is 0.200 e. The molecular weight excluding hydrogens is 326 g/mol. The second kappa shape index (κ2) is 5.29. The van der Waals surface area contributed by atoms with Crippen molar-refractivity contribution in [2.45, 2.75) is 6.92 Å². The number of fused-ring (bicyclic) bond motifs is 1. The number of rotatable bonds is 2. The molecule has 3 heterocycles. The predicted octanol–water partition coefficient (Wildman–Crippen LogP) is 4.10. The predicted molar refractivity (Wildman–Crippen MR) is 96.5 cm³/mol. The lowest BCUT2D eigenvalue weighted by Crippen LogP contribution is -2.00. The molecule has 3 N–H and O–H groups in total. The van der Waals surface area contributed by atoms with Crippen LogP contribution >= 0.6 is 23.6 Å². The van der Waals surface area contributed by atoms with Gasteiger partial charge < -0.3 is 5.73 Å². The summed E-state index contributed by atoms with van der Waals surface area (Å²) >= 11 is 6.95. The monoisotopic (exact) mass is 339 g/mol. The highest BCUT2D eigenvalue weighted by molar-refractivity contribution is 7.71. The number of para-hydroxylation sites is 1. The molecule has 5 nitrogen and oxygen atoms in total. The lowest BCUT2D eigenvalue weighted by molar-refractivity contribution is 1.02. The number of nitrogens with one attached hydrogen (secondary N) is 1. The maximum Gasteiger partial charge on any atom is 0.200 e. The molecule has 0 amide bonds. The lowest BCUT2D eigenvalue weighted by Gasteiger charge is -2.09. The van der Waals surface area contributed by atoms with E-state index in [1.54, 1.807) is 6.20 Å². The molecule has 0 atom stereocenters. The summed E-state index contributed by atoms with van der Waals surface area (Å²) in [5, 5.41) is 8.23. The molecule has 114 valence electrons. The van der Waals surface area contributed by atoms with E-state index in [2.05, 4.69) is 15.2 Å². The molecule has 0 spiro atoms. The Morgan fingerprint density at radius 3 is 2.83 bits per heavy atom. The minimum absolute atomic E-state index is 0.541. The standard InChI is InChI=1S/C16H13N5S2/c1-9-5-2-3-7-11(9)21-14(19-20-16(21)22)13-12(17)10-6-4-8-18-15(10)23-13/h2-8H,17H2,1H3,(H,20,22). The zero-order valence-corrected chi connectivity index (χ0v) is 13.9. The van der Waals surface area contributed by atoms with Crippen LogP contribution in [-0.2, 0) is 0 Å². The van der Waals surface area contributed by atoms with Crippen LogP contribution in [0.4, 0.5) is 5.69 Å². The van der Waals surface area contributed by atoms with Crippen molar-refractivity contribution in [2.24, 2.45) is 0 Å². The second-order valence-corrected chi connectivity index (χ2v) is 6.56. The zero-order chi connectivity index (χ0) is 16.0. The van der Waals surface area contributed by atoms with E-state index in [0.29, 0.717) is 16.3 Å². The van der Waals surface area contributed by atoms with Crippen LogP contribution in [0.25, 0.3) is 26.6 Å². The molecule has 0 unspecified atom stereocenters. The number of hydrogen-bond acceptors (Lipinski definition) is 5. The number of pyridine rings is 1. The first kappa shape index (κ1) is 14.1. The van der Waals surface area contributed by atoms with Gasteiger partial charge in [-0.25, -0.2) is 4.98 Å². The number of nitrogens with two attached hydrogens (primary N) is 1. The lowest BCUT2D eigenvalue weighted by atomic mass is 10.2. The van der Waals surface area contributed by atoms with Gasteiger partial charge >= 0.3 is 0 Å². The molecule has 4 aromatic rings. The van der Waals surface area contributed by atoms with Crippen molar-refractivity contribution in [3.8, 4) is 16.4 Å². The Morgan fingerprint density at radius 1 is 1.22 bits per heavy atom. The van der Waals surface area contributed by atoms with Crippen molar-refractivity contribution in [1.82, 2.24) is 19.7 Å². The van der Waals surface area contributed by atoms with Crippen molar-refractivity contribution < 1.29 is 0 Å². The van der Waals surface area contributed by atoms with Gasteiger partial charge in [0.25, 0.3) is 0 Å². The topological polar surface area (TPSA) is 72.5 Å². The van der Waals surface area contributed by atoms with Crippen LogP contribution in [0.5, 0.6) is 0 Å². The van der Waals surface area contributed by atoms with Crippen LogP contribution in [0.15, 0.2) is 42.6 Å². The van der Waals surface area contributed by atoms with Crippen LogP contribution in [0.2, 0.25) is 0 Å². The summed E-state index contributed by atoms with van der Waals surface area (Å²) in [5.41, 5.74) is 9.12. The van der Waals surface area contributed by atoms with Crippen LogP contribution in [-0.4, -0.2) is 19.7 Å². The molecule has 0 aliphatic heterocycles. The fourth-order valence-corrected chi connectivity index (χ4v) is 3.88. The van der Waals surface area contributed by atoms with Gasteiger partial charge in [0, 0.05) is 11.6 Å². The van der Waals surface area contributed by atoms with Crippen molar-refractivity contribution in [2.75, 3.05) is 5.73 Å². The Balaban J connectivity index is 2.02. The van der Waals surface area contributed by atoms with E-state index < -0.39 is 0 Å². The first-order chi connectivity index (χ1) is 11.2. The number of benzene rings is 1. The number of H-pyrrole nitrogens is 1. The number of nitrogen functional groups attached to an aromatic ring is 1. The van der Waals surface area contributed by atoms with Gasteiger partial charge in [-0.15, -0.1) is 11.3 Å². The highest BCUT2D eigenvalue weighted by Gasteiger charge is 2.19. The zero-order valence-electron chi connectivity index (χ0n) is 12.3. The van der Waals surface area contributed by atoms with Crippen molar-refractivity contribution in [1.29, 1.82) is 0 Å². The highest BCUT2D eigenvalue weighted by atomic mass is 32.1. The summed E-state index contributed by atoms with van der Waals surface area (Å²) in [5.74, 6) is 0.713. The van der Waals surface area contributed by atoms with E-state index in [0.717, 1.165) is 26.3 Å². The van der Waals surface area contributed by atoms with Crippen molar-refractivity contribution in [3.63, 3.8) is 0 Å². The number of hydrogen-bond donors (Lipinski definition) is 2. The van der Waals surface area contributed by atoms with Gasteiger partial charge in [-0.1, -0.05) is 18.2 Å². The third-order valence-electron chi connectivity index (χ3n) is 3.74. The Labute approximate surface area is 141 Å². The fraction of sp³-hybridized carbons (Fsp3) is 0.0625. The molecule has 0 aliphatic carbocycles. The highest BCUT2D eigenvalue weighted by Crippen LogP contribution is 2.39. The molecule has 7 heteroatoms. The van der Waals surface area contributed by atoms with Gasteiger partial charge in [-0.3, -0.25) is 9.67 Å². The minimum Gasteiger partial charge on any atom is -0.397 e. The number of anilines is 1. The summed E-state index contributed by atoms with van der Waals surface area (Å²) in [6, 6.07) is 11.9. The SMILES string of the molecule is Cc1ccccc1-n1c(-c2sc3ncccc3c2N)n[nH]c1=S. The third-order valence-corrected chi connectivity index (χ3v) is 5.14. The fourth-order valence-electron chi connectivity index (χ4n) is 2.60. The number of thiophene rings is 1. The molecular formula is C16H13N5S2. The second-order valence-electron chi connectivity index (χ2n) is 5.18. The molecule has 0 fully saturated rings. The molecule has 1 aromatic carbocycles. The summed E-state index contributed by atoms with van der Waals surface area (Å²) < 4.78 is 2.46. The Kier molecular flexibility index (Phi) is 3.24. The van der Waals surface area contributed by atoms with E-state index in [4.69, 9.17) is 18.0 Å². The molecule has 0 saturated carbocycles. The number of aromatic nitrogens is 4. The van der Waals surface area contributed by atoms with Crippen molar-refractivity contribution >= 4 is 39.5 Å². The normalized spacial score (nSPS) is 11.2. The first-order valence-corrected chi connectivity index (χ1v) is 8.26.